The van der Waals surface area contributed by atoms with Crippen LogP contribution in [0.1, 0.15) is 50.7 Å². The predicted molar refractivity (Wildman–Crippen MR) is 157 cm³/mol. The average molecular weight is 470 g/mol. The van der Waals surface area contributed by atoms with Crippen LogP contribution in [0.25, 0.3) is 11.1 Å². The number of hydrogen-bond acceptors (Lipinski definition) is 2. The summed E-state index contributed by atoms with van der Waals surface area (Å²) in [6.07, 6.45) is 7.02. The van der Waals surface area contributed by atoms with Crippen LogP contribution in [0.5, 0.6) is 0 Å². The van der Waals surface area contributed by atoms with E-state index in [0.717, 1.165) is 12.8 Å². The van der Waals surface area contributed by atoms with E-state index in [4.69, 9.17) is 0 Å². The van der Waals surface area contributed by atoms with Gasteiger partial charge in [-0.25, -0.2) is 0 Å². The molecule has 0 amide bonds. The fraction of sp³-hybridized carbons (Fsp3) is 0.273. The van der Waals surface area contributed by atoms with Crippen molar-refractivity contribution in [3.8, 4) is 11.1 Å². The van der Waals surface area contributed by atoms with Gasteiger partial charge in [0.2, 0.25) is 0 Å². The summed E-state index contributed by atoms with van der Waals surface area (Å²) in [5, 5.41) is 0. The fourth-order valence-corrected chi connectivity index (χ4v) is 6.30. The first kappa shape index (κ1) is 23.0. The molecule has 36 heavy (non-hydrogen) atoms. The Morgan fingerprint density at radius 3 is 1.53 bits per heavy atom. The van der Waals surface area contributed by atoms with E-state index in [1.165, 1.54) is 81.6 Å². The summed E-state index contributed by atoms with van der Waals surface area (Å²) in [6.45, 7) is 4.75. The van der Waals surface area contributed by atoms with Crippen LogP contribution in [0.4, 0.5) is 22.7 Å². The Hall–Kier alpha value is -3.46. The highest BCUT2D eigenvalue weighted by Crippen LogP contribution is 2.51. The van der Waals surface area contributed by atoms with Crippen molar-refractivity contribution in [3.63, 3.8) is 0 Å². The Morgan fingerprint density at radius 2 is 1.06 bits per heavy atom. The summed E-state index contributed by atoms with van der Waals surface area (Å²) in [5.41, 5.74) is 13.9. The van der Waals surface area contributed by atoms with Crippen LogP contribution >= 0.6 is 0 Å². The normalized spacial score (nSPS) is 13.4. The van der Waals surface area contributed by atoms with E-state index in [9.17, 15) is 0 Å². The number of aryl methyl sites for hydroxylation is 2. The van der Waals surface area contributed by atoms with Crippen LogP contribution in [0.2, 0.25) is 0 Å². The van der Waals surface area contributed by atoms with Gasteiger partial charge in [0.05, 0.1) is 22.7 Å². The molecule has 4 aromatic rings. The third-order valence-electron chi connectivity index (χ3n) is 8.06. The third kappa shape index (κ3) is 3.56. The second kappa shape index (κ2) is 9.54. The second-order valence-electron chi connectivity index (χ2n) is 10.3. The zero-order valence-corrected chi connectivity index (χ0v) is 21.8. The summed E-state index contributed by atoms with van der Waals surface area (Å²) in [5.74, 6) is 0. The van der Waals surface area contributed by atoms with Gasteiger partial charge in [-0.05, 0) is 71.0 Å². The second-order valence-corrected chi connectivity index (χ2v) is 10.3. The molecule has 0 fully saturated rings. The molecule has 0 N–H and O–H groups in total. The van der Waals surface area contributed by atoms with Gasteiger partial charge in [0, 0.05) is 7.05 Å². The molecule has 0 aromatic heterocycles. The number of para-hydroxylation sites is 2. The van der Waals surface area contributed by atoms with Crippen LogP contribution in [0.3, 0.4) is 0 Å². The molecule has 0 unspecified atom stereocenters. The number of benzene rings is 4. The number of nitrogens with zero attached hydrogens (tertiary/aromatic N) is 2. The smallest absolute Gasteiger partial charge is 0.329 e. The van der Waals surface area contributed by atoms with E-state index >= 15 is 0 Å². The van der Waals surface area contributed by atoms with Crippen LogP contribution in [0.15, 0.2) is 84.9 Å². The Balaban J connectivity index is 1.66. The Bertz CT molecular complexity index is 1300. The molecule has 180 valence electrons. The molecule has 0 radical (unpaired) electrons. The number of rotatable bonds is 7. The first-order chi connectivity index (χ1) is 17.7. The highest BCUT2D eigenvalue weighted by Gasteiger charge is 2.43. The molecule has 2 aliphatic rings. The van der Waals surface area contributed by atoms with Crippen molar-refractivity contribution in [2.75, 3.05) is 16.8 Å². The van der Waals surface area contributed by atoms with Crippen molar-refractivity contribution in [1.82, 2.24) is 0 Å². The molecule has 2 nitrogen and oxygen atoms in total. The quantitative estimate of drug-likeness (QED) is 0.260. The zero-order chi connectivity index (χ0) is 24.6. The van der Waals surface area contributed by atoms with Gasteiger partial charge in [-0.2, -0.15) is 0 Å². The predicted octanol–water partition coefficient (Wildman–Crippen LogP) is 7.38. The van der Waals surface area contributed by atoms with Crippen molar-refractivity contribution in [3.05, 3.63) is 96.1 Å². The lowest BCUT2D eigenvalue weighted by Crippen LogP contribution is -2.54. The number of unbranched alkanes of at least 4 members (excludes halogenated alkanes) is 2. The minimum Gasteiger partial charge on any atom is -0.373 e. The zero-order valence-electron chi connectivity index (χ0n) is 21.8. The molecule has 0 bridgehead atoms. The van der Waals surface area contributed by atoms with Crippen molar-refractivity contribution in [2.45, 2.75) is 52.4 Å². The standard InChI is InChI=1S/C33H35BN2/c1-4-6-14-24-16-12-22-30-32(24)36(33-25(15-7-5-2)17-13-23-31(33)35(30)3)34-28-20-10-8-18-26(28)27-19-9-11-21-29(27)34/h8-13,16-23H,4-7,14-15H2,1-3H3. The van der Waals surface area contributed by atoms with E-state index < -0.39 is 0 Å². The monoisotopic (exact) mass is 470 g/mol. The molecular formula is C33H35BN2. The molecule has 0 saturated heterocycles. The number of hydrogen-bond donors (Lipinski definition) is 0. The molecule has 4 aromatic carbocycles. The molecule has 2 heterocycles. The van der Waals surface area contributed by atoms with E-state index in [1.54, 1.807) is 0 Å². The maximum absolute atomic E-state index is 2.73. The van der Waals surface area contributed by atoms with Gasteiger partial charge in [-0.15, -0.1) is 0 Å². The lowest BCUT2D eigenvalue weighted by molar-refractivity contribution is 0.790. The summed E-state index contributed by atoms with van der Waals surface area (Å²) in [4.78, 5) is 5.16. The summed E-state index contributed by atoms with van der Waals surface area (Å²) in [7, 11) is 2.25. The van der Waals surface area contributed by atoms with E-state index in [0.29, 0.717) is 0 Å². The van der Waals surface area contributed by atoms with Gasteiger partial charge in [0.15, 0.2) is 0 Å². The van der Waals surface area contributed by atoms with E-state index in [1.807, 2.05) is 0 Å². The summed E-state index contributed by atoms with van der Waals surface area (Å²) in [6, 6.07) is 31.9. The summed E-state index contributed by atoms with van der Waals surface area (Å²) >= 11 is 0. The molecule has 0 spiro atoms. The van der Waals surface area contributed by atoms with Gasteiger partial charge < -0.3 is 9.71 Å². The topological polar surface area (TPSA) is 6.48 Å². The minimum absolute atomic E-state index is 0.161. The lowest BCUT2D eigenvalue weighted by Gasteiger charge is -2.44. The van der Waals surface area contributed by atoms with E-state index in [-0.39, 0.29) is 6.85 Å². The first-order valence-corrected chi connectivity index (χ1v) is 13.7. The van der Waals surface area contributed by atoms with Crippen molar-refractivity contribution in [1.29, 1.82) is 0 Å². The Labute approximate surface area is 216 Å². The fourth-order valence-electron chi connectivity index (χ4n) is 6.30. The SMILES string of the molecule is CCCCc1cccc2c1N(B1c3ccccc3-c3ccccc31)c1c(CCCC)cccc1N2C. The first-order valence-electron chi connectivity index (χ1n) is 13.7. The van der Waals surface area contributed by atoms with Gasteiger partial charge in [-0.3, -0.25) is 0 Å². The van der Waals surface area contributed by atoms with Gasteiger partial charge in [0.25, 0.3) is 0 Å². The van der Waals surface area contributed by atoms with Crippen molar-refractivity contribution < 1.29 is 0 Å². The van der Waals surface area contributed by atoms with Crippen LogP contribution in [-0.4, -0.2) is 13.9 Å². The van der Waals surface area contributed by atoms with Gasteiger partial charge in [0.1, 0.15) is 0 Å². The minimum atomic E-state index is 0.161. The van der Waals surface area contributed by atoms with Crippen molar-refractivity contribution >= 4 is 40.5 Å². The Kier molecular flexibility index (Phi) is 6.09. The summed E-state index contributed by atoms with van der Waals surface area (Å²) < 4.78 is 0. The average Bonchev–Trinajstić information content (AvgIpc) is 3.25. The third-order valence-corrected chi connectivity index (χ3v) is 8.06. The molecule has 3 heteroatoms. The molecule has 0 atom stereocenters. The molecule has 0 saturated carbocycles. The maximum atomic E-state index is 2.73. The van der Waals surface area contributed by atoms with E-state index in [2.05, 4.69) is 116 Å². The highest BCUT2D eigenvalue weighted by atomic mass is 15.2. The largest absolute Gasteiger partial charge is 0.373 e. The van der Waals surface area contributed by atoms with Gasteiger partial charge in [-0.1, -0.05) is 99.5 Å². The Morgan fingerprint density at radius 1 is 0.583 bits per heavy atom. The van der Waals surface area contributed by atoms with Crippen LogP contribution < -0.4 is 20.6 Å². The maximum Gasteiger partial charge on any atom is 0.329 e. The van der Waals surface area contributed by atoms with Crippen molar-refractivity contribution in [2.24, 2.45) is 0 Å². The molecular weight excluding hydrogens is 435 g/mol. The molecule has 0 aliphatic carbocycles. The molecule has 6 rings (SSSR count). The highest BCUT2D eigenvalue weighted by molar-refractivity contribution is 6.93. The number of fused-ring (bicyclic) bond motifs is 5. The molecule has 2 aliphatic heterocycles. The van der Waals surface area contributed by atoms with Gasteiger partial charge >= 0.3 is 6.85 Å². The lowest BCUT2D eigenvalue weighted by atomic mass is 9.51. The van der Waals surface area contributed by atoms with Crippen LogP contribution in [-0.2, 0) is 12.8 Å². The number of anilines is 4. The van der Waals surface area contributed by atoms with Crippen LogP contribution in [0, 0.1) is 0 Å².